The van der Waals surface area contributed by atoms with E-state index in [0.717, 1.165) is 22.9 Å². The molecule has 0 aliphatic heterocycles. The summed E-state index contributed by atoms with van der Waals surface area (Å²) >= 11 is 0. The fraction of sp³-hybridized carbons (Fsp3) is 0.389. The summed E-state index contributed by atoms with van der Waals surface area (Å²) in [4.78, 5) is 12.0. The quantitative estimate of drug-likeness (QED) is 0.832. The van der Waals surface area contributed by atoms with Gasteiger partial charge in [-0.3, -0.25) is 5.32 Å². The van der Waals surface area contributed by atoms with Crippen molar-refractivity contribution in [2.75, 3.05) is 11.9 Å². The first-order valence-electron chi connectivity index (χ1n) is 7.53. The number of rotatable bonds is 5. The highest BCUT2D eigenvalue weighted by atomic mass is 16.5. The molecule has 1 atom stereocenters. The minimum absolute atomic E-state index is 0.384. The molecule has 0 radical (unpaired) electrons. The number of hydrogen-bond donors (Lipinski definition) is 1. The Morgan fingerprint density at radius 3 is 2.57 bits per heavy atom. The van der Waals surface area contributed by atoms with Crippen LogP contribution < -0.4 is 5.32 Å². The summed E-state index contributed by atoms with van der Waals surface area (Å²) in [5, 5.41) is 4.96. The van der Waals surface area contributed by atoms with Gasteiger partial charge >= 0.3 is 6.09 Å². The molecule has 1 N–H and O–H groups in total. The van der Waals surface area contributed by atoms with Gasteiger partial charge in [0, 0.05) is 5.39 Å². The van der Waals surface area contributed by atoms with E-state index in [9.17, 15) is 4.79 Å². The molecular weight excluding hydrogens is 262 g/mol. The summed E-state index contributed by atoms with van der Waals surface area (Å²) in [6.07, 6.45) is 0.629. The maximum atomic E-state index is 12.0. The lowest BCUT2D eigenvalue weighted by Gasteiger charge is -2.19. The predicted molar refractivity (Wildman–Crippen MR) is 87.5 cm³/mol. The lowest BCUT2D eigenvalue weighted by atomic mass is 9.94. The number of ether oxygens (including phenoxy) is 1. The highest BCUT2D eigenvalue weighted by molar-refractivity contribution is 6.00. The molecule has 2 aromatic rings. The molecule has 0 saturated carbocycles. The maximum Gasteiger partial charge on any atom is 0.411 e. The predicted octanol–water partition coefficient (Wildman–Crippen LogP) is 5.07. The Balaban J connectivity index is 2.02. The van der Waals surface area contributed by atoms with Crippen LogP contribution in [-0.4, -0.2) is 12.7 Å². The van der Waals surface area contributed by atoms with Crippen molar-refractivity contribution in [2.45, 2.75) is 27.2 Å². The van der Waals surface area contributed by atoms with E-state index in [4.69, 9.17) is 4.74 Å². The van der Waals surface area contributed by atoms with Gasteiger partial charge in [-0.25, -0.2) is 4.79 Å². The maximum absolute atomic E-state index is 12.0. The van der Waals surface area contributed by atoms with Crippen LogP contribution in [0.2, 0.25) is 0 Å². The van der Waals surface area contributed by atoms with E-state index in [0.29, 0.717) is 18.4 Å². The van der Waals surface area contributed by atoms with E-state index in [1.54, 1.807) is 0 Å². The van der Waals surface area contributed by atoms with Crippen LogP contribution in [0.5, 0.6) is 0 Å². The molecule has 0 spiro atoms. The first-order chi connectivity index (χ1) is 10.1. The number of carbonyl (C=O) groups is 1. The summed E-state index contributed by atoms with van der Waals surface area (Å²) in [7, 11) is 0. The second-order valence-electron chi connectivity index (χ2n) is 5.66. The Morgan fingerprint density at radius 2 is 1.86 bits per heavy atom. The number of anilines is 1. The summed E-state index contributed by atoms with van der Waals surface area (Å²) < 4.78 is 5.36. The van der Waals surface area contributed by atoms with Gasteiger partial charge in [-0.2, -0.15) is 0 Å². The summed E-state index contributed by atoms with van der Waals surface area (Å²) in [5.74, 6) is 0.920. The van der Waals surface area contributed by atoms with Crippen molar-refractivity contribution < 1.29 is 9.53 Å². The summed E-state index contributed by atoms with van der Waals surface area (Å²) in [5.41, 5.74) is 0.788. The molecule has 1 amide bonds. The lowest BCUT2D eigenvalue weighted by molar-refractivity contribution is 0.126. The first-order valence-corrected chi connectivity index (χ1v) is 7.53. The van der Waals surface area contributed by atoms with Crippen molar-refractivity contribution in [3.63, 3.8) is 0 Å². The molecule has 21 heavy (non-hydrogen) atoms. The van der Waals surface area contributed by atoms with E-state index in [-0.39, 0.29) is 6.09 Å². The number of nitrogens with one attached hydrogen (secondary N) is 1. The molecule has 0 aromatic heterocycles. The molecule has 0 saturated heterocycles. The zero-order valence-electron chi connectivity index (χ0n) is 12.9. The van der Waals surface area contributed by atoms with E-state index in [2.05, 4.69) is 26.1 Å². The SMILES string of the molecule is CC[C@H](COC(=O)Nc1cccc2ccccc12)C(C)C. The van der Waals surface area contributed by atoms with Crippen molar-refractivity contribution in [1.29, 1.82) is 0 Å². The van der Waals surface area contributed by atoms with Gasteiger partial charge in [-0.15, -0.1) is 0 Å². The van der Waals surface area contributed by atoms with Gasteiger partial charge in [0.15, 0.2) is 0 Å². The van der Waals surface area contributed by atoms with E-state index >= 15 is 0 Å². The molecule has 0 bridgehead atoms. The Labute approximate surface area is 126 Å². The molecule has 3 heteroatoms. The number of amides is 1. The minimum Gasteiger partial charge on any atom is -0.449 e. The Morgan fingerprint density at radius 1 is 1.14 bits per heavy atom. The topological polar surface area (TPSA) is 38.3 Å². The van der Waals surface area contributed by atoms with Gasteiger partial charge in [0.25, 0.3) is 0 Å². The lowest BCUT2D eigenvalue weighted by Crippen LogP contribution is -2.21. The van der Waals surface area contributed by atoms with Crippen LogP contribution in [-0.2, 0) is 4.74 Å². The van der Waals surface area contributed by atoms with Crippen molar-refractivity contribution in [3.8, 4) is 0 Å². The molecular formula is C18H23NO2. The molecule has 2 aromatic carbocycles. The van der Waals surface area contributed by atoms with Crippen LogP contribution >= 0.6 is 0 Å². The van der Waals surface area contributed by atoms with Crippen LogP contribution in [0.4, 0.5) is 10.5 Å². The summed E-state index contributed by atoms with van der Waals surface area (Å²) in [6.45, 7) is 6.89. The molecule has 0 fully saturated rings. The average molecular weight is 285 g/mol. The highest BCUT2D eigenvalue weighted by Crippen LogP contribution is 2.23. The Kier molecular flexibility index (Phi) is 5.20. The smallest absolute Gasteiger partial charge is 0.411 e. The Hall–Kier alpha value is -2.03. The van der Waals surface area contributed by atoms with Crippen molar-refractivity contribution in [2.24, 2.45) is 11.8 Å². The molecule has 0 heterocycles. The number of hydrogen-bond acceptors (Lipinski definition) is 2. The van der Waals surface area contributed by atoms with Crippen LogP contribution in [0, 0.1) is 11.8 Å². The van der Waals surface area contributed by atoms with Gasteiger partial charge in [0.05, 0.1) is 12.3 Å². The third-order valence-electron chi connectivity index (χ3n) is 3.92. The van der Waals surface area contributed by atoms with Gasteiger partial charge < -0.3 is 4.74 Å². The number of benzene rings is 2. The molecule has 0 aliphatic carbocycles. The van der Waals surface area contributed by atoms with Crippen molar-refractivity contribution >= 4 is 22.6 Å². The van der Waals surface area contributed by atoms with Crippen LogP contribution in [0.15, 0.2) is 42.5 Å². The molecule has 3 nitrogen and oxygen atoms in total. The van der Waals surface area contributed by atoms with Crippen LogP contribution in [0.3, 0.4) is 0 Å². The van der Waals surface area contributed by atoms with Gasteiger partial charge in [-0.05, 0) is 29.7 Å². The molecule has 0 aliphatic rings. The highest BCUT2D eigenvalue weighted by Gasteiger charge is 2.14. The van der Waals surface area contributed by atoms with Gasteiger partial charge in [0.2, 0.25) is 0 Å². The second-order valence-corrected chi connectivity index (χ2v) is 5.66. The number of fused-ring (bicyclic) bond motifs is 1. The van der Waals surface area contributed by atoms with Gasteiger partial charge in [-0.1, -0.05) is 57.2 Å². The van der Waals surface area contributed by atoms with Crippen LogP contribution in [0.1, 0.15) is 27.2 Å². The zero-order valence-corrected chi connectivity index (χ0v) is 12.9. The average Bonchev–Trinajstić information content (AvgIpc) is 2.48. The zero-order chi connectivity index (χ0) is 15.2. The molecule has 2 rings (SSSR count). The first kappa shape index (κ1) is 15.4. The fourth-order valence-corrected chi connectivity index (χ4v) is 2.44. The third-order valence-corrected chi connectivity index (χ3v) is 3.92. The Bertz CT molecular complexity index is 602. The van der Waals surface area contributed by atoms with Crippen molar-refractivity contribution in [1.82, 2.24) is 0 Å². The fourth-order valence-electron chi connectivity index (χ4n) is 2.44. The minimum atomic E-state index is -0.384. The normalized spacial score (nSPS) is 12.4. The second kappa shape index (κ2) is 7.11. The standard InChI is InChI=1S/C18H23NO2/c1-4-14(13(2)3)12-21-18(20)19-17-11-7-9-15-8-5-6-10-16(15)17/h5-11,13-14H,4,12H2,1-3H3,(H,19,20)/t14-/m1/s1. The summed E-state index contributed by atoms with van der Waals surface area (Å²) in [6, 6.07) is 13.8. The van der Waals surface area contributed by atoms with E-state index in [1.165, 1.54) is 0 Å². The molecule has 0 unspecified atom stereocenters. The third kappa shape index (κ3) is 3.97. The van der Waals surface area contributed by atoms with Crippen LogP contribution in [0.25, 0.3) is 10.8 Å². The monoisotopic (exact) mass is 285 g/mol. The van der Waals surface area contributed by atoms with E-state index < -0.39 is 0 Å². The van der Waals surface area contributed by atoms with Crippen molar-refractivity contribution in [3.05, 3.63) is 42.5 Å². The largest absolute Gasteiger partial charge is 0.449 e. The number of carbonyl (C=O) groups excluding carboxylic acids is 1. The van der Waals surface area contributed by atoms with E-state index in [1.807, 2.05) is 42.5 Å². The van der Waals surface area contributed by atoms with Gasteiger partial charge in [0.1, 0.15) is 0 Å². The molecule has 112 valence electrons.